The number of carbonyl (C=O) groups is 1. The zero-order valence-electron chi connectivity index (χ0n) is 38.7. The van der Waals surface area contributed by atoms with Gasteiger partial charge in [-0.05, 0) is 70.6 Å². The van der Waals surface area contributed by atoms with Crippen molar-refractivity contribution in [2.24, 2.45) is 0 Å². The van der Waals surface area contributed by atoms with Crippen LogP contribution in [0, 0.1) is 0 Å². The number of ether oxygens (including phenoxy) is 2. The van der Waals surface area contributed by atoms with Gasteiger partial charge in [0.05, 0.1) is 25.4 Å². The normalized spacial score (nSPS) is 21.4. The minimum atomic E-state index is -5.13. The zero-order chi connectivity index (χ0) is 46.4. The van der Waals surface area contributed by atoms with E-state index in [0.717, 1.165) is 64.2 Å². The van der Waals surface area contributed by atoms with E-state index in [1.807, 2.05) is 6.08 Å². The second-order valence-corrected chi connectivity index (χ2v) is 17.8. The fraction of sp³-hybridized carbons (Fsp3) is 0.776. The Balaban J connectivity index is 2.45. The Morgan fingerprint density at radius 1 is 0.667 bits per heavy atom. The highest BCUT2D eigenvalue weighted by Gasteiger charge is 2.48. The highest BCUT2D eigenvalue weighted by molar-refractivity contribution is 7.80. The summed E-state index contributed by atoms with van der Waals surface area (Å²) in [5, 5.41) is 55.1. The first-order chi connectivity index (χ1) is 30.4. The molecule has 8 atom stereocenters. The first kappa shape index (κ1) is 58.8. The molecule has 366 valence electrons. The van der Waals surface area contributed by atoms with Crippen LogP contribution in [0.1, 0.15) is 181 Å². The molecule has 1 amide bonds. The van der Waals surface area contributed by atoms with Gasteiger partial charge in [-0.3, -0.25) is 9.35 Å². The number of rotatable bonds is 40. The molecule has 0 spiro atoms. The van der Waals surface area contributed by atoms with Gasteiger partial charge in [-0.2, -0.15) is 8.42 Å². The summed E-state index contributed by atoms with van der Waals surface area (Å²) in [4.78, 5) is 13.1. The molecule has 0 saturated carbocycles. The van der Waals surface area contributed by atoms with Crippen molar-refractivity contribution in [2.75, 3.05) is 13.2 Å². The average Bonchev–Trinajstić information content (AvgIpc) is 3.25. The Morgan fingerprint density at radius 3 is 1.68 bits per heavy atom. The highest BCUT2D eigenvalue weighted by atomic mass is 32.3. The molecule has 0 aromatic heterocycles. The molecule has 0 bridgehead atoms. The van der Waals surface area contributed by atoms with Gasteiger partial charge < -0.3 is 40.3 Å². The molecule has 1 aliphatic heterocycles. The van der Waals surface area contributed by atoms with Gasteiger partial charge in [0, 0.05) is 0 Å². The molecule has 0 aliphatic carbocycles. The number of nitrogens with one attached hydrogen (secondary N) is 1. The molecule has 8 unspecified atom stereocenters. The van der Waals surface area contributed by atoms with Crippen molar-refractivity contribution < 1.29 is 57.0 Å². The van der Waals surface area contributed by atoms with Gasteiger partial charge in [-0.15, -0.1) is 0 Å². The molecular formula is C49H87NO12S. The van der Waals surface area contributed by atoms with E-state index in [-0.39, 0.29) is 6.42 Å². The molecule has 0 aromatic rings. The topological polar surface area (TPSA) is 212 Å². The van der Waals surface area contributed by atoms with Gasteiger partial charge in [0.1, 0.15) is 30.5 Å². The van der Waals surface area contributed by atoms with Crippen molar-refractivity contribution in [1.82, 2.24) is 5.32 Å². The van der Waals surface area contributed by atoms with Crippen LogP contribution in [0.2, 0.25) is 0 Å². The van der Waals surface area contributed by atoms with E-state index in [2.05, 4.69) is 65.9 Å². The quantitative estimate of drug-likeness (QED) is 0.0175. The minimum absolute atomic E-state index is 0.224. The van der Waals surface area contributed by atoms with Crippen molar-refractivity contribution in [3.05, 3.63) is 60.8 Å². The second-order valence-electron chi connectivity index (χ2n) is 16.8. The van der Waals surface area contributed by atoms with E-state index in [1.165, 1.54) is 89.5 Å². The van der Waals surface area contributed by atoms with E-state index in [1.54, 1.807) is 6.08 Å². The van der Waals surface area contributed by atoms with Crippen LogP contribution in [0.15, 0.2) is 60.8 Å². The maximum absolute atomic E-state index is 13.1. The number of hydrogen-bond acceptors (Lipinski definition) is 11. The van der Waals surface area contributed by atoms with Gasteiger partial charge in [0.2, 0.25) is 5.91 Å². The summed E-state index contributed by atoms with van der Waals surface area (Å²) in [7, 11) is -5.13. The van der Waals surface area contributed by atoms with Gasteiger partial charge in [0.25, 0.3) is 0 Å². The van der Waals surface area contributed by atoms with Gasteiger partial charge in [-0.25, -0.2) is 4.18 Å². The minimum Gasteiger partial charge on any atom is -0.394 e. The van der Waals surface area contributed by atoms with Crippen LogP contribution in [-0.4, -0.2) is 107 Å². The summed E-state index contributed by atoms with van der Waals surface area (Å²) in [5.41, 5.74) is 0. The Bertz CT molecular complexity index is 1370. The van der Waals surface area contributed by atoms with E-state index >= 15 is 0 Å². The van der Waals surface area contributed by atoms with Crippen LogP contribution in [0.5, 0.6) is 0 Å². The maximum atomic E-state index is 13.1. The first-order valence-corrected chi connectivity index (χ1v) is 25.6. The fourth-order valence-electron chi connectivity index (χ4n) is 7.29. The monoisotopic (exact) mass is 914 g/mol. The summed E-state index contributed by atoms with van der Waals surface area (Å²) < 4.78 is 47.4. The summed E-state index contributed by atoms with van der Waals surface area (Å²) in [6, 6.07) is -1.15. The van der Waals surface area contributed by atoms with Crippen molar-refractivity contribution in [2.45, 2.75) is 230 Å². The lowest BCUT2D eigenvalue weighted by molar-refractivity contribution is -0.298. The summed E-state index contributed by atoms with van der Waals surface area (Å²) in [6.45, 7) is 3.05. The largest absolute Gasteiger partial charge is 0.397 e. The smallest absolute Gasteiger partial charge is 0.394 e. The SMILES string of the molecule is CC/C=C/CC/C=C/CC/C=C/C(O)C(COC1OC(CO)C(O)C(OS(=O)(=O)O)C1O)NC(=O)C(O)CCCCCCCCCC/C=C\C/C=C\CCCCCCCCCCC. The molecule has 1 fully saturated rings. The van der Waals surface area contributed by atoms with E-state index < -0.39 is 78.5 Å². The number of carbonyl (C=O) groups excluding carboxylic acids is 1. The lowest BCUT2D eigenvalue weighted by atomic mass is 9.99. The molecule has 7 N–H and O–H groups in total. The molecule has 14 heteroatoms. The lowest BCUT2D eigenvalue weighted by Gasteiger charge is -2.41. The molecule has 0 aromatic carbocycles. The predicted molar refractivity (Wildman–Crippen MR) is 251 cm³/mol. The van der Waals surface area contributed by atoms with Crippen molar-refractivity contribution in [1.29, 1.82) is 0 Å². The average molecular weight is 914 g/mol. The second kappa shape index (κ2) is 39.0. The molecule has 0 radical (unpaired) electrons. The van der Waals surface area contributed by atoms with Crippen molar-refractivity contribution >= 4 is 16.3 Å². The number of aliphatic hydroxyl groups excluding tert-OH is 5. The van der Waals surface area contributed by atoms with E-state index in [9.17, 15) is 38.7 Å². The highest BCUT2D eigenvalue weighted by Crippen LogP contribution is 2.26. The lowest BCUT2D eigenvalue weighted by Crippen LogP contribution is -2.61. The Morgan fingerprint density at radius 2 is 1.16 bits per heavy atom. The molecule has 13 nitrogen and oxygen atoms in total. The molecule has 1 heterocycles. The zero-order valence-corrected chi connectivity index (χ0v) is 39.5. The Labute approximate surface area is 381 Å². The van der Waals surface area contributed by atoms with E-state index in [4.69, 9.17) is 14.0 Å². The Hall–Kier alpha value is -2.24. The summed E-state index contributed by atoms with van der Waals surface area (Å²) in [6.07, 6.45) is 37.6. The van der Waals surface area contributed by atoms with Crippen LogP contribution in [0.25, 0.3) is 0 Å². The number of hydrogen-bond donors (Lipinski definition) is 7. The summed E-state index contributed by atoms with van der Waals surface area (Å²) >= 11 is 0. The van der Waals surface area contributed by atoms with Crippen LogP contribution in [0.3, 0.4) is 0 Å². The fourth-order valence-corrected chi connectivity index (χ4v) is 7.80. The van der Waals surface area contributed by atoms with E-state index in [0.29, 0.717) is 12.8 Å². The maximum Gasteiger partial charge on any atom is 0.397 e. The first-order valence-electron chi connectivity index (χ1n) is 24.3. The molecule has 63 heavy (non-hydrogen) atoms. The van der Waals surface area contributed by atoms with Gasteiger partial charge in [0.15, 0.2) is 6.29 Å². The van der Waals surface area contributed by atoms with Crippen LogP contribution in [0.4, 0.5) is 0 Å². The molecular weight excluding hydrogens is 827 g/mol. The van der Waals surface area contributed by atoms with Crippen molar-refractivity contribution in [3.8, 4) is 0 Å². The van der Waals surface area contributed by atoms with Gasteiger partial charge >= 0.3 is 10.4 Å². The summed E-state index contributed by atoms with van der Waals surface area (Å²) in [5.74, 6) is -0.725. The third kappa shape index (κ3) is 31.3. The standard InChI is InChI=1S/C49H87NO12S/c1-3-5-7-9-11-13-15-16-17-18-19-20-21-22-23-24-25-26-27-28-30-32-34-36-38-43(53)48(56)50-41(42(52)37-35-33-31-29-14-12-10-8-6-4-2)40-60-49-46(55)47(62-63(57,58)59)45(54)44(39-51)61-49/h6,8,14,19-20,22-23,29,35,37,41-47,49,51-55H,3-5,7,9-13,15-18,21,24-28,30-34,36,38-40H2,1-2H3,(H,50,56)(H,57,58,59)/b8-6+,20-19-,23-22-,29-14+,37-35+. The molecule has 1 saturated heterocycles. The van der Waals surface area contributed by atoms with Crippen LogP contribution in [-0.2, 0) is 28.9 Å². The Kier molecular flexibility index (Phi) is 36.4. The van der Waals surface area contributed by atoms with Crippen LogP contribution < -0.4 is 5.32 Å². The molecule has 1 aliphatic rings. The predicted octanol–water partition coefficient (Wildman–Crippen LogP) is 8.80. The number of amides is 1. The molecule has 1 rings (SSSR count). The number of allylic oxidation sites excluding steroid dienone is 9. The number of aliphatic hydroxyl groups is 5. The van der Waals surface area contributed by atoms with Crippen molar-refractivity contribution in [3.63, 3.8) is 0 Å². The third-order valence-electron chi connectivity index (χ3n) is 11.1. The third-order valence-corrected chi connectivity index (χ3v) is 11.6. The number of unbranched alkanes of at least 4 members (excludes halogenated alkanes) is 19. The van der Waals surface area contributed by atoms with Crippen LogP contribution >= 0.6 is 0 Å². The van der Waals surface area contributed by atoms with Gasteiger partial charge in [-0.1, -0.05) is 171 Å².